The van der Waals surface area contributed by atoms with E-state index in [1.54, 1.807) is 0 Å². The van der Waals surface area contributed by atoms with Gasteiger partial charge in [0.25, 0.3) is 0 Å². The van der Waals surface area contributed by atoms with E-state index >= 15 is 0 Å². The molecule has 1 nitrogen and oxygen atoms in total. The third kappa shape index (κ3) is 3.21. The average molecular weight is 239 g/mol. The van der Waals surface area contributed by atoms with Crippen molar-refractivity contribution in [3.05, 3.63) is 60.2 Å². The van der Waals surface area contributed by atoms with Crippen molar-refractivity contribution in [2.24, 2.45) is 11.7 Å². The van der Waals surface area contributed by atoms with Crippen molar-refractivity contribution in [2.75, 3.05) is 0 Å². The highest BCUT2D eigenvalue weighted by atomic mass is 14.6. The van der Waals surface area contributed by atoms with E-state index in [0.29, 0.717) is 5.92 Å². The highest BCUT2D eigenvalue weighted by Gasteiger charge is 2.08. The van der Waals surface area contributed by atoms with Gasteiger partial charge in [-0.05, 0) is 29.0 Å². The second-order valence-electron chi connectivity index (χ2n) is 5.22. The molecule has 0 bridgehead atoms. The molecular weight excluding hydrogens is 218 g/mol. The van der Waals surface area contributed by atoms with Crippen LogP contribution >= 0.6 is 0 Å². The van der Waals surface area contributed by atoms with Crippen LogP contribution in [0.3, 0.4) is 0 Å². The molecule has 2 rings (SSSR count). The van der Waals surface area contributed by atoms with E-state index in [-0.39, 0.29) is 6.04 Å². The average Bonchev–Trinajstić information content (AvgIpc) is 2.39. The summed E-state index contributed by atoms with van der Waals surface area (Å²) in [6.45, 7) is 4.41. The maximum absolute atomic E-state index is 6.18. The largest absolute Gasteiger partial charge is 0.324 e. The second-order valence-corrected chi connectivity index (χ2v) is 5.22. The number of hydrogen-bond donors (Lipinski definition) is 1. The van der Waals surface area contributed by atoms with Crippen molar-refractivity contribution in [2.45, 2.75) is 26.3 Å². The fraction of sp³-hybridized carbons (Fsp3) is 0.294. The van der Waals surface area contributed by atoms with Crippen LogP contribution in [-0.2, 0) is 0 Å². The summed E-state index contributed by atoms with van der Waals surface area (Å²) >= 11 is 0. The fourth-order valence-electron chi connectivity index (χ4n) is 2.20. The number of benzene rings is 2. The first-order chi connectivity index (χ1) is 8.66. The Labute approximate surface area is 110 Å². The smallest absolute Gasteiger partial charge is 0.0297 e. The maximum Gasteiger partial charge on any atom is 0.0297 e. The van der Waals surface area contributed by atoms with Crippen molar-refractivity contribution >= 4 is 0 Å². The summed E-state index contributed by atoms with van der Waals surface area (Å²) in [5, 5.41) is 0. The molecule has 0 radical (unpaired) electrons. The summed E-state index contributed by atoms with van der Waals surface area (Å²) in [6, 6.07) is 19.2. The van der Waals surface area contributed by atoms with Crippen LogP contribution in [0.2, 0.25) is 0 Å². The van der Waals surface area contributed by atoms with Gasteiger partial charge >= 0.3 is 0 Å². The Morgan fingerprint density at radius 1 is 0.833 bits per heavy atom. The van der Waals surface area contributed by atoms with E-state index in [1.807, 2.05) is 6.07 Å². The quantitative estimate of drug-likeness (QED) is 0.840. The molecule has 0 aliphatic rings. The predicted molar refractivity (Wildman–Crippen MR) is 78.3 cm³/mol. The monoisotopic (exact) mass is 239 g/mol. The number of nitrogens with two attached hydrogens (primary N) is 1. The van der Waals surface area contributed by atoms with Gasteiger partial charge in [-0.2, -0.15) is 0 Å². The van der Waals surface area contributed by atoms with E-state index in [4.69, 9.17) is 5.73 Å². The summed E-state index contributed by atoms with van der Waals surface area (Å²) in [7, 11) is 0. The highest BCUT2D eigenvalue weighted by molar-refractivity contribution is 5.63. The maximum atomic E-state index is 6.18. The molecule has 0 fully saturated rings. The Morgan fingerprint density at radius 3 is 1.94 bits per heavy atom. The lowest BCUT2D eigenvalue weighted by Crippen LogP contribution is -2.12. The van der Waals surface area contributed by atoms with Crippen molar-refractivity contribution in [3.63, 3.8) is 0 Å². The minimum absolute atomic E-state index is 0.148. The zero-order valence-corrected chi connectivity index (χ0v) is 11.1. The van der Waals surface area contributed by atoms with Crippen molar-refractivity contribution in [1.29, 1.82) is 0 Å². The first kappa shape index (κ1) is 12.8. The molecule has 0 aliphatic heterocycles. The third-order valence-corrected chi connectivity index (χ3v) is 3.17. The number of rotatable bonds is 4. The summed E-state index contributed by atoms with van der Waals surface area (Å²) in [5.41, 5.74) is 9.91. The zero-order valence-electron chi connectivity index (χ0n) is 11.1. The van der Waals surface area contributed by atoms with Crippen LogP contribution in [0.15, 0.2) is 54.6 Å². The summed E-state index contributed by atoms with van der Waals surface area (Å²) in [4.78, 5) is 0. The van der Waals surface area contributed by atoms with Crippen LogP contribution in [0.25, 0.3) is 11.1 Å². The molecule has 2 aromatic carbocycles. The lowest BCUT2D eigenvalue weighted by atomic mass is 9.96. The first-order valence-corrected chi connectivity index (χ1v) is 6.58. The van der Waals surface area contributed by atoms with Gasteiger partial charge in [-0.1, -0.05) is 68.4 Å². The van der Waals surface area contributed by atoms with Crippen LogP contribution in [-0.4, -0.2) is 0 Å². The van der Waals surface area contributed by atoms with Crippen LogP contribution in [0, 0.1) is 5.92 Å². The standard InChI is InChI=1S/C17H21N/c1-13(2)12-17(18)16-10-8-15(9-11-16)14-6-4-3-5-7-14/h3-11,13,17H,12,18H2,1-2H3. The van der Waals surface area contributed by atoms with Gasteiger partial charge < -0.3 is 5.73 Å². The van der Waals surface area contributed by atoms with Crippen LogP contribution in [0.1, 0.15) is 31.9 Å². The molecule has 0 aliphatic carbocycles. The summed E-state index contributed by atoms with van der Waals surface area (Å²) in [6.07, 6.45) is 1.03. The Morgan fingerprint density at radius 2 is 1.39 bits per heavy atom. The van der Waals surface area contributed by atoms with Gasteiger partial charge in [0.15, 0.2) is 0 Å². The van der Waals surface area contributed by atoms with Crippen molar-refractivity contribution in [3.8, 4) is 11.1 Å². The summed E-state index contributed by atoms with van der Waals surface area (Å²) < 4.78 is 0. The molecule has 1 heteroatoms. The van der Waals surface area contributed by atoms with Gasteiger partial charge in [-0.15, -0.1) is 0 Å². The molecule has 94 valence electrons. The predicted octanol–water partition coefficient (Wildman–Crippen LogP) is 4.40. The van der Waals surface area contributed by atoms with E-state index in [2.05, 4.69) is 62.4 Å². The second kappa shape index (κ2) is 5.83. The molecule has 2 aromatic rings. The molecule has 0 saturated heterocycles. The SMILES string of the molecule is CC(C)CC(N)c1ccc(-c2ccccc2)cc1. The third-order valence-electron chi connectivity index (χ3n) is 3.17. The Balaban J connectivity index is 2.15. The normalized spacial score (nSPS) is 12.7. The molecule has 0 aromatic heterocycles. The van der Waals surface area contributed by atoms with Gasteiger partial charge in [0.2, 0.25) is 0 Å². The van der Waals surface area contributed by atoms with Crippen molar-refractivity contribution < 1.29 is 0 Å². The van der Waals surface area contributed by atoms with Gasteiger partial charge in [0.05, 0.1) is 0 Å². The minimum Gasteiger partial charge on any atom is -0.324 e. The molecule has 0 heterocycles. The topological polar surface area (TPSA) is 26.0 Å². The number of hydrogen-bond acceptors (Lipinski definition) is 1. The van der Waals surface area contributed by atoms with Gasteiger partial charge in [-0.3, -0.25) is 0 Å². The Hall–Kier alpha value is -1.60. The van der Waals surface area contributed by atoms with Gasteiger partial charge in [0.1, 0.15) is 0 Å². The highest BCUT2D eigenvalue weighted by Crippen LogP contribution is 2.23. The van der Waals surface area contributed by atoms with E-state index in [1.165, 1.54) is 16.7 Å². The Kier molecular flexibility index (Phi) is 4.16. The molecule has 18 heavy (non-hydrogen) atoms. The minimum atomic E-state index is 0.148. The molecule has 0 spiro atoms. The molecule has 2 N–H and O–H groups in total. The van der Waals surface area contributed by atoms with E-state index < -0.39 is 0 Å². The Bertz CT molecular complexity index is 471. The molecule has 0 saturated carbocycles. The van der Waals surface area contributed by atoms with Gasteiger partial charge in [0, 0.05) is 6.04 Å². The van der Waals surface area contributed by atoms with Crippen LogP contribution in [0.4, 0.5) is 0 Å². The fourth-order valence-corrected chi connectivity index (χ4v) is 2.20. The van der Waals surface area contributed by atoms with E-state index in [0.717, 1.165) is 6.42 Å². The zero-order chi connectivity index (χ0) is 13.0. The van der Waals surface area contributed by atoms with Crippen molar-refractivity contribution in [1.82, 2.24) is 0 Å². The van der Waals surface area contributed by atoms with Crippen LogP contribution < -0.4 is 5.73 Å². The van der Waals surface area contributed by atoms with Crippen LogP contribution in [0.5, 0.6) is 0 Å². The van der Waals surface area contributed by atoms with Gasteiger partial charge in [-0.25, -0.2) is 0 Å². The van der Waals surface area contributed by atoms with E-state index in [9.17, 15) is 0 Å². The summed E-state index contributed by atoms with van der Waals surface area (Å²) in [5.74, 6) is 0.633. The first-order valence-electron chi connectivity index (χ1n) is 6.58. The lowest BCUT2D eigenvalue weighted by Gasteiger charge is -2.14. The molecule has 1 unspecified atom stereocenters. The molecule has 1 atom stereocenters. The lowest BCUT2D eigenvalue weighted by molar-refractivity contribution is 0.510. The molecule has 0 amide bonds. The molecular formula is C17H21N.